The molecule has 0 saturated carbocycles. The first-order valence-electron chi connectivity index (χ1n) is 9.04. The second-order valence-electron chi connectivity index (χ2n) is 5.87. The van der Waals surface area contributed by atoms with E-state index in [-0.39, 0.29) is 0 Å². The van der Waals surface area contributed by atoms with Crippen molar-refractivity contribution >= 4 is 54.4 Å². The van der Waals surface area contributed by atoms with Crippen LogP contribution in [-0.2, 0) is 7.05 Å². The van der Waals surface area contributed by atoms with Gasteiger partial charge in [0.15, 0.2) is 0 Å². The minimum Gasteiger partial charge on any atom is -0.418 e. The van der Waals surface area contributed by atoms with Gasteiger partial charge in [0.25, 0.3) is 0 Å². The van der Waals surface area contributed by atoms with Crippen LogP contribution in [0.3, 0.4) is 0 Å². The van der Waals surface area contributed by atoms with Crippen molar-refractivity contribution < 1.29 is 104 Å². The maximum atomic E-state index is 9.75. The monoisotopic (exact) mass is 667 g/mol. The van der Waals surface area contributed by atoms with Gasteiger partial charge < -0.3 is 108 Å². The quantitative estimate of drug-likeness (QED) is 0.195. The van der Waals surface area contributed by atoms with Crippen molar-refractivity contribution in [2.45, 2.75) is 6.92 Å². The van der Waals surface area contributed by atoms with E-state index in [1.54, 1.807) is 0 Å². The van der Waals surface area contributed by atoms with Gasteiger partial charge in [0.2, 0.25) is 0 Å². The molecule has 1 aromatic carbocycles. The summed E-state index contributed by atoms with van der Waals surface area (Å²) in [7, 11) is -33.9. The van der Waals surface area contributed by atoms with Crippen LogP contribution in [-0.4, -0.2) is 48.1 Å². The summed E-state index contributed by atoms with van der Waals surface area (Å²) in [6, 6.07) is 10.6. The second kappa shape index (κ2) is 19.6. The van der Waals surface area contributed by atoms with Gasteiger partial charge in [-0.3, -0.25) is 0 Å². The maximum absolute atomic E-state index is 9.75. The lowest BCUT2D eigenvalue weighted by molar-refractivity contribution is 0.366. The van der Waals surface area contributed by atoms with Crippen LogP contribution in [0.15, 0.2) is 30.3 Å². The van der Waals surface area contributed by atoms with Gasteiger partial charge in [-0.15, -0.1) is 0 Å². The van der Waals surface area contributed by atoms with Gasteiger partial charge in [-0.2, -0.15) is 0 Å². The molecule has 0 radical (unpaired) electrons. The maximum Gasteiger partial charge on any atom is 0.673 e. The number of aromatic nitrogens is 1. The summed E-state index contributed by atoms with van der Waals surface area (Å²) in [6.45, 7) is 2.12. The second-order valence-corrected chi connectivity index (χ2v) is 5.87. The van der Waals surface area contributed by atoms with Gasteiger partial charge in [-0.25, -0.2) is 0 Å². The molecule has 0 bridgehead atoms. The molecular formula is C10H11B6F24N-6. The Balaban J connectivity index is -0.000000128. The SMILES string of the molecule is Cc1cc2ccccc2n1C.F[B-](F)(F)F.F[B-](F)(F)F.F[B-](F)(F)F.F[B-](F)(F)F.F[B-](F)(F)F.F[B-](F)(F)F. The molecule has 0 aliphatic rings. The molecule has 1 heterocycles. The van der Waals surface area contributed by atoms with Crippen molar-refractivity contribution in [2.24, 2.45) is 7.05 Å². The number of hydrogen-bond acceptors (Lipinski definition) is 0. The lowest BCUT2D eigenvalue weighted by atomic mass is 10.2. The molecule has 248 valence electrons. The number of nitrogens with zero attached hydrogens (tertiary/aromatic N) is 1. The Hall–Kier alpha value is -2.53. The van der Waals surface area contributed by atoms with Gasteiger partial charge in [0.1, 0.15) is 0 Å². The third kappa shape index (κ3) is 113. The predicted octanol–water partition coefficient (Wildman–Crippen LogP) is 10.3. The lowest BCUT2D eigenvalue weighted by Crippen LogP contribution is -2.02. The topological polar surface area (TPSA) is 4.93 Å². The Labute approximate surface area is 213 Å². The van der Waals surface area contributed by atoms with Crippen LogP contribution in [0.4, 0.5) is 104 Å². The van der Waals surface area contributed by atoms with E-state index in [1.165, 1.54) is 16.6 Å². The first-order valence-corrected chi connectivity index (χ1v) is 9.04. The van der Waals surface area contributed by atoms with Crippen LogP contribution >= 0.6 is 0 Å². The Morgan fingerprint density at radius 2 is 0.610 bits per heavy atom. The smallest absolute Gasteiger partial charge is 0.418 e. The Kier molecular flexibility index (Phi) is 23.0. The molecule has 0 aliphatic carbocycles. The molecule has 0 atom stereocenters. The van der Waals surface area contributed by atoms with Crippen LogP contribution in [0.5, 0.6) is 0 Å². The van der Waals surface area contributed by atoms with Crippen molar-refractivity contribution in [3.63, 3.8) is 0 Å². The minimum atomic E-state index is -6.00. The Morgan fingerprint density at radius 3 is 0.805 bits per heavy atom. The zero-order valence-corrected chi connectivity index (χ0v) is 19.4. The third-order valence-electron chi connectivity index (χ3n) is 2.19. The lowest BCUT2D eigenvalue weighted by Gasteiger charge is -1.96. The highest BCUT2D eigenvalue weighted by Crippen LogP contribution is 2.17. The van der Waals surface area contributed by atoms with Crippen molar-refractivity contribution in [1.82, 2.24) is 4.57 Å². The number of benzene rings is 1. The van der Waals surface area contributed by atoms with E-state index in [4.69, 9.17) is 0 Å². The van der Waals surface area contributed by atoms with E-state index in [0.717, 1.165) is 0 Å². The van der Waals surface area contributed by atoms with Gasteiger partial charge in [0.05, 0.1) is 0 Å². The van der Waals surface area contributed by atoms with Gasteiger partial charge >= 0.3 is 43.5 Å². The Morgan fingerprint density at radius 1 is 0.415 bits per heavy atom. The van der Waals surface area contributed by atoms with Crippen LogP contribution in [0.2, 0.25) is 0 Å². The average Bonchev–Trinajstić information content (AvgIpc) is 2.80. The summed E-state index contributed by atoms with van der Waals surface area (Å²) in [5, 5.41) is 1.33. The number of aryl methyl sites for hydroxylation is 2. The number of fused-ring (bicyclic) bond motifs is 1. The number of para-hydroxylation sites is 1. The molecule has 31 heteroatoms. The summed E-state index contributed by atoms with van der Waals surface area (Å²) in [5.41, 5.74) is 2.62. The van der Waals surface area contributed by atoms with Crippen LogP contribution in [0.25, 0.3) is 10.9 Å². The van der Waals surface area contributed by atoms with E-state index in [0.29, 0.717) is 0 Å². The highest BCUT2D eigenvalue weighted by Gasteiger charge is 2.22. The fourth-order valence-corrected chi connectivity index (χ4v) is 1.43. The minimum absolute atomic E-state index is 1.31. The van der Waals surface area contributed by atoms with Crippen LogP contribution in [0.1, 0.15) is 5.69 Å². The van der Waals surface area contributed by atoms with Crippen LogP contribution < -0.4 is 0 Å². The highest BCUT2D eigenvalue weighted by atomic mass is 19.5. The Bertz CT molecular complexity index is 777. The molecule has 1 aromatic heterocycles. The zero-order valence-electron chi connectivity index (χ0n) is 19.4. The molecule has 0 N–H and O–H groups in total. The molecule has 0 fully saturated rings. The van der Waals surface area contributed by atoms with Gasteiger partial charge in [-0.1, -0.05) is 18.2 Å². The number of hydrogen-bond donors (Lipinski definition) is 0. The first kappa shape index (κ1) is 48.2. The number of halogens is 24. The fraction of sp³-hybridized carbons (Fsp3) is 0.200. The van der Waals surface area contributed by atoms with E-state index in [2.05, 4.69) is 48.9 Å². The normalized spacial score (nSPS) is 11.7. The standard InChI is InChI=1S/C10H11N.6BF4/c1-8-7-9-5-3-4-6-10(9)11(8)2;6*2-1(3,4)5/h3-7H,1-2H3;;;;;;/q;6*-1. The van der Waals surface area contributed by atoms with E-state index in [1.807, 2.05) is 0 Å². The molecule has 0 unspecified atom stereocenters. The molecule has 41 heavy (non-hydrogen) atoms. The summed E-state index contributed by atoms with van der Waals surface area (Å²) in [6.07, 6.45) is 0. The molecule has 2 aromatic rings. The highest BCUT2D eigenvalue weighted by molar-refractivity contribution is 6.51. The van der Waals surface area contributed by atoms with Crippen molar-refractivity contribution in [3.8, 4) is 0 Å². The van der Waals surface area contributed by atoms with Crippen molar-refractivity contribution in [3.05, 3.63) is 36.0 Å². The zero-order chi connectivity index (χ0) is 34.8. The average molecular weight is 666 g/mol. The van der Waals surface area contributed by atoms with E-state index >= 15 is 0 Å². The molecule has 0 spiro atoms. The van der Waals surface area contributed by atoms with E-state index in [9.17, 15) is 104 Å². The van der Waals surface area contributed by atoms with Gasteiger partial charge in [-0.05, 0) is 24.4 Å². The molecule has 0 amide bonds. The van der Waals surface area contributed by atoms with Crippen molar-refractivity contribution in [1.29, 1.82) is 0 Å². The molecular weight excluding hydrogens is 655 g/mol. The first-order chi connectivity index (χ1) is 17.3. The van der Waals surface area contributed by atoms with E-state index < -0.39 is 43.5 Å². The summed E-state index contributed by atoms with van der Waals surface area (Å²) in [4.78, 5) is 0. The largest absolute Gasteiger partial charge is 0.673 e. The molecule has 0 saturated heterocycles. The molecule has 1 nitrogen and oxygen atoms in total. The molecule has 0 aliphatic heterocycles. The van der Waals surface area contributed by atoms with Gasteiger partial charge in [0, 0.05) is 18.3 Å². The third-order valence-corrected chi connectivity index (χ3v) is 2.19. The van der Waals surface area contributed by atoms with Crippen molar-refractivity contribution in [2.75, 3.05) is 0 Å². The fourth-order valence-electron chi connectivity index (χ4n) is 1.43. The number of rotatable bonds is 0. The van der Waals surface area contributed by atoms with Crippen LogP contribution in [0, 0.1) is 6.92 Å². The molecule has 2 rings (SSSR count). The predicted molar refractivity (Wildman–Crippen MR) is 109 cm³/mol. The summed E-state index contributed by atoms with van der Waals surface area (Å²) >= 11 is 0. The summed E-state index contributed by atoms with van der Waals surface area (Å²) < 4.78 is 236. The summed E-state index contributed by atoms with van der Waals surface area (Å²) in [5.74, 6) is 0.